The molecular weight excluding hydrogens is 269 g/mol. The van der Waals surface area contributed by atoms with Crippen LogP contribution >= 0.6 is 0 Å². The van der Waals surface area contributed by atoms with Gasteiger partial charge in [-0.15, -0.1) is 0 Å². The van der Waals surface area contributed by atoms with Gasteiger partial charge in [-0.1, -0.05) is 6.92 Å². The van der Waals surface area contributed by atoms with Gasteiger partial charge in [-0.05, 0) is 44.5 Å². The predicted molar refractivity (Wildman–Crippen MR) is 71.9 cm³/mol. The number of benzene rings is 1. The van der Waals surface area contributed by atoms with Gasteiger partial charge in [0.25, 0.3) is 0 Å². The summed E-state index contributed by atoms with van der Waals surface area (Å²) in [5, 5.41) is 9.76. The van der Waals surface area contributed by atoms with Gasteiger partial charge >= 0.3 is 0 Å². The third-order valence-electron chi connectivity index (χ3n) is 2.57. The van der Waals surface area contributed by atoms with E-state index >= 15 is 0 Å². The second kappa shape index (κ2) is 5.56. The van der Waals surface area contributed by atoms with Crippen LogP contribution in [0.25, 0.3) is 0 Å². The summed E-state index contributed by atoms with van der Waals surface area (Å²) in [7, 11) is -3.80. The van der Waals surface area contributed by atoms with E-state index in [1.54, 1.807) is 13.8 Å². The van der Waals surface area contributed by atoms with Gasteiger partial charge in [-0.2, -0.15) is 4.31 Å². The third kappa shape index (κ3) is 4.26. The van der Waals surface area contributed by atoms with Crippen LogP contribution in [0.4, 0.5) is 4.39 Å². The summed E-state index contributed by atoms with van der Waals surface area (Å²) in [6.45, 7) is 6.54. The summed E-state index contributed by atoms with van der Waals surface area (Å²) in [6, 6.07) is 3.69. The SMILES string of the molecule is CCN(CC(C)(C)O)S(=O)(=O)c1cc(C)cc(F)c1. The second-order valence-electron chi connectivity index (χ2n) is 5.21. The first-order valence-electron chi connectivity index (χ1n) is 6.06. The molecule has 108 valence electrons. The van der Waals surface area contributed by atoms with E-state index in [4.69, 9.17) is 0 Å². The Bertz CT molecular complexity index is 529. The second-order valence-corrected chi connectivity index (χ2v) is 7.15. The van der Waals surface area contributed by atoms with Crippen LogP contribution in [-0.2, 0) is 10.0 Å². The highest BCUT2D eigenvalue weighted by Crippen LogP contribution is 2.20. The Kier molecular flexibility index (Phi) is 4.71. The van der Waals surface area contributed by atoms with Crippen LogP contribution < -0.4 is 0 Å². The monoisotopic (exact) mass is 289 g/mol. The van der Waals surface area contributed by atoms with Gasteiger partial charge in [0.05, 0.1) is 10.5 Å². The zero-order valence-electron chi connectivity index (χ0n) is 11.6. The van der Waals surface area contributed by atoms with E-state index in [1.807, 2.05) is 0 Å². The Morgan fingerprint density at radius 3 is 2.32 bits per heavy atom. The molecule has 0 aliphatic carbocycles. The third-order valence-corrected chi connectivity index (χ3v) is 4.47. The van der Waals surface area contributed by atoms with Crippen LogP contribution in [0.15, 0.2) is 23.1 Å². The number of hydrogen-bond acceptors (Lipinski definition) is 3. The maximum atomic E-state index is 13.3. The van der Waals surface area contributed by atoms with Crippen molar-refractivity contribution >= 4 is 10.0 Å². The van der Waals surface area contributed by atoms with Crippen molar-refractivity contribution in [2.24, 2.45) is 0 Å². The number of aliphatic hydroxyl groups is 1. The average Bonchev–Trinajstić information content (AvgIpc) is 2.23. The van der Waals surface area contributed by atoms with Gasteiger partial charge in [-0.25, -0.2) is 12.8 Å². The fourth-order valence-corrected chi connectivity index (χ4v) is 3.52. The molecule has 0 heterocycles. The zero-order valence-corrected chi connectivity index (χ0v) is 12.5. The highest BCUT2D eigenvalue weighted by molar-refractivity contribution is 7.89. The molecule has 0 amide bonds. The van der Waals surface area contributed by atoms with Gasteiger partial charge in [-0.3, -0.25) is 0 Å². The van der Waals surface area contributed by atoms with E-state index in [2.05, 4.69) is 0 Å². The Morgan fingerprint density at radius 1 is 1.32 bits per heavy atom. The van der Waals surface area contributed by atoms with E-state index < -0.39 is 21.4 Å². The first kappa shape index (κ1) is 16.1. The van der Waals surface area contributed by atoms with E-state index in [0.717, 1.165) is 10.4 Å². The molecule has 1 aromatic rings. The Balaban J connectivity index is 3.20. The van der Waals surface area contributed by atoms with Crippen LogP contribution in [0.3, 0.4) is 0 Å². The van der Waals surface area contributed by atoms with Gasteiger partial charge in [0.15, 0.2) is 0 Å². The summed E-state index contributed by atoms with van der Waals surface area (Å²) in [5.41, 5.74) is -0.608. The molecule has 1 aromatic carbocycles. The highest BCUT2D eigenvalue weighted by Gasteiger charge is 2.28. The van der Waals surface area contributed by atoms with Crippen molar-refractivity contribution < 1.29 is 17.9 Å². The molecule has 0 aliphatic heterocycles. The molecule has 0 saturated carbocycles. The lowest BCUT2D eigenvalue weighted by molar-refractivity contribution is 0.0601. The minimum atomic E-state index is -3.80. The summed E-state index contributed by atoms with van der Waals surface area (Å²) < 4.78 is 39.3. The molecule has 1 rings (SSSR count). The number of likely N-dealkylation sites (N-methyl/N-ethyl adjacent to an activating group) is 1. The lowest BCUT2D eigenvalue weighted by Gasteiger charge is -2.27. The van der Waals surface area contributed by atoms with Gasteiger partial charge in [0, 0.05) is 13.1 Å². The van der Waals surface area contributed by atoms with Crippen molar-refractivity contribution in [3.8, 4) is 0 Å². The minimum Gasteiger partial charge on any atom is -0.389 e. The largest absolute Gasteiger partial charge is 0.389 e. The van der Waals surface area contributed by atoms with Crippen LogP contribution in [0.1, 0.15) is 26.3 Å². The number of sulfonamides is 1. The van der Waals surface area contributed by atoms with Gasteiger partial charge in [0.2, 0.25) is 10.0 Å². The number of halogens is 1. The molecule has 4 nitrogen and oxygen atoms in total. The maximum absolute atomic E-state index is 13.3. The summed E-state index contributed by atoms with van der Waals surface area (Å²) in [5.74, 6) is -0.585. The minimum absolute atomic E-state index is 0.0403. The number of nitrogens with zero attached hydrogens (tertiary/aromatic N) is 1. The van der Waals surface area contributed by atoms with Gasteiger partial charge < -0.3 is 5.11 Å². The molecule has 0 saturated heterocycles. The van der Waals surface area contributed by atoms with Crippen LogP contribution in [0, 0.1) is 12.7 Å². The molecule has 19 heavy (non-hydrogen) atoms. The molecule has 0 fully saturated rings. The normalized spacial score (nSPS) is 13.0. The number of rotatable bonds is 5. The van der Waals surface area contributed by atoms with Gasteiger partial charge in [0.1, 0.15) is 5.82 Å². The fourth-order valence-electron chi connectivity index (χ4n) is 1.80. The first-order valence-corrected chi connectivity index (χ1v) is 7.50. The van der Waals surface area contributed by atoms with E-state index in [0.29, 0.717) is 5.56 Å². The van der Waals surface area contributed by atoms with Crippen molar-refractivity contribution in [2.45, 2.75) is 38.2 Å². The molecule has 0 spiro atoms. The van der Waals surface area contributed by atoms with E-state index in [9.17, 15) is 17.9 Å². The lowest BCUT2D eigenvalue weighted by Crippen LogP contribution is -2.42. The zero-order chi connectivity index (χ0) is 14.8. The van der Waals surface area contributed by atoms with Crippen LogP contribution in [-0.4, -0.2) is 36.5 Å². The Morgan fingerprint density at radius 2 is 1.89 bits per heavy atom. The maximum Gasteiger partial charge on any atom is 0.243 e. The molecule has 0 bridgehead atoms. The number of hydrogen-bond donors (Lipinski definition) is 1. The van der Waals surface area contributed by atoms with E-state index in [-0.39, 0.29) is 18.0 Å². The van der Waals surface area contributed by atoms with Crippen molar-refractivity contribution in [2.75, 3.05) is 13.1 Å². The summed E-state index contributed by atoms with van der Waals surface area (Å²) >= 11 is 0. The van der Waals surface area contributed by atoms with Crippen molar-refractivity contribution in [3.05, 3.63) is 29.6 Å². The standard InChI is InChI=1S/C13H20FNO3S/c1-5-15(9-13(3,4)16)19(17,18)12-7-10(2)6-11(14)8-12/h6-8,16H,5,9H2,1-4H3. The molecule has 0 atom stereocenters. The lowest BCUT2D eigenvalue weighted by atomic mass is 10.1. The summed E-state index contributed by atoms with van der Waals surface area (Å²) in [6.07, 6.45) is 0. The van der Waals surface area contributed by atoms with Crippen LogP contribution in [0.2, 0.25) is 0 Å². The first-order chi connectivity index (χ1) is 8.56. The molecule has 0 aliphatic rings. The van der Waals surface area contributed by atoms with E-state index in [1.165, 1.54) is 26.0 Å². The topological polar surface area (TPSA) is 57.6 Å². The summed E-state index contributed by atoms with van der Waals surface area (Å²) in [4.78, 5) is -0.0869. The van der Waals surface area contributed by atoms with Crippen molar-refractivity contribution in [1.29, 1.82) is 0 Å². The van der Waals surface area contributed by atoms with Crippen molar-refractivity contribution in [3.63, 3.8) is 0 Å². The Labute approximate surface area is 113 Å². The predicted octanol–water partition coefficient (Wildman–Crippen LogP) is 1.92. The fraction of sp³-hybridized carbons (Fsp3) is 0.538. The van der Waals surface area contributed by atoms with Crippen molar-refractivity contribution in [1.82, 2.24) is 4.31 Å². The Hall–Kier alpha value is -0.980. The quantitative estimate of drug-likeness (QED) is 0.901. The molecule has 6 heteroatoms. The molecular formula is C13H20FNO3S. The molecule has 1 N–H and O–H groups in total. The highest BCUT2D eigenvalue weighted by atomic mass is 32.2. The smallest absolute Gasteiger partial charge is 0.243 e. The molecule has 0 aromatic heterocycles. The van der Waals surface area contributed by atoms with Crippen LogP contribution in [0.5, 0.6) is 0 Å². The average molecular weight is 289 g/mol. The number of aryl methyl sites for hydroxylation is 1. The molecule has 0 unspecified atom stereocenters. The molecule has 0 radical (unpaired) electrons.